The molecule has 2 N–H and O–H groups in total. The molecule has 15 heavy (non-hydrogen) atoms. The van der Waals surface area contributed by atoms with Crippen LogP contribution in [0.4, 0.5) is 0 Å². The van der Waals surface area contributed by atoms with Crippen LogP contribution in [0.25, 0.3) is 0 Å². The fourth-order valence-electron chi connectivity index (χ4n) is 1.06. The molecule has 0 aliphatic heterocycles. The maximum Gasteiger partial charge on any atom is 0.239 e. The Morgan fingerprint density at radius 2 is 2.00 bits per heavy atom. The third-order valence-electron chi connectivity index (χ3n) is 2.35. The number of hydrogen-bond acceptors (Lipinski definition) is 3. The summed E-state index contributed by atoms with van der Waals surface area (Å²) in [6.45, 7) is 9.66. The molecule has 0 spiro atoms. The molecule has 1 unspecified atom stereocenters. The SMILES string of the molecule is CCOCCN(C)C(=O)C(N)C(C)(C)C. The Balaban J connectivity index is 4.09. The number of carbonyl (C=O) groups is 1. The van der Waals surface area contributed by atoms with E-state index in [0.29, 0.717) is 19.8 Å². The van der Waals surface area contributed by atoms with E-state index in [1.807, 2.05) is 27.7 Å². The number of amides is 1. The van der Waals surface area contributed by atoms with Gasteiger partial charge in [0.1, 0.15) is 0 Å². The molecule has 0 saturated carbocycles. The number of hydrogen-bond donors (Lipinski definition) is 1. The molecular formula is C11H24N2O2. The maximum absolute atomic E-state index is 11.8. The fraction of sp³-hybridized carbons (Fsp3) is 0.909. The van der Waals surface area contributed by atoms with E-state index in [0.717, 1.165) is 0 Å². The molecule has 0 fully saturated rings. The number of nitrogens with zero attached hydrogens (tertiary/aromatic N) is 1. The molecule has 0 aromatic carbocycles. The number of carbonyl (C=O) groups excluding carboxylic acids is 1. The topological polar surface area (TPSA) is 55.6 Å². The van der Waals surface area contributed by atoms with Gasteiger partial charge in [0.25, 0.3) is 0 Å². The molecule has 0 bridgehead atoms. The van der Waals surface area contributed by atoms with Crippen molar-refractivity contribution in [3.8, 4) is 0 Å². The van der Waals surface area contributed by atoms with Crippen LogP contribution in [0.3, 0.4) is 0 Å². The van der Waals surface area contributed by atoms with Crippen molar-refractivity contribution < 1.29 is 9.53 Å². The van der Waals surface area contributed by atoms with E-state index in [1.54, 1.807) is 11.9 Å². The van der Waals surface area contributed by atoms with E-state index in [4.69, 9.17) is 10.5 Å². The molecule has 0 radical (unpaired) electrons. The normalized spacial score (nSPS) is 13.7. The van der Waals surface area contributed by atoms with Crippen LogP contribution in [0.1, 0.15) is 27.7 Å². The van der Waals surface area contributed by atoms with Crippen LogP contribution in [-0.2, 0) is 9.53 Å². The van der Waals surface area contributed by atoms with Gasteiger partial charge in [0.15, 0.2) is 0 Å². The van der Waals surface area contributed by atoms with Gasteiger partial charge in [-0.2, -0.15) is 0 Å². The standard InChI is InChI=1S/C11H24N2O2/c1-6-15-8-7-13(5)10(14)9(12)11(2,3)4/h9H,6-8,12H2,1-5H3. The van der Waals surface area contributed by atoms with Crippen molar-refractivity contribution in [3.63, 3.8) is 0 Å². The summed E-state index contributed by atoms with van der Waals surface area (Å²) in [5.41, 5.74) is 5.67. The molecule has 0 aliphatic carbocycles. The largest absolute Gasteiger partial charge is 0.380 e. The van der Waals surface area contributed by atoms with Gasteiger partial charge in [-0.15, -0.1) is 0 Å². The second-order valence-electron chi connectivity index (χ2n) is 4.80. The lowest BCUT2D eigenvalue weighted by molar-refractivity contribution is -0.134. The molecule has 0 heterocycles. The van der Waals surface area contributed by atoms with Gasteiger partial charge in [-0.05, 0) is 12.3 Å². The number of likely N-dealkylation sites (N-methyl/N-ethyl adjacent to an activating group) is 1. The summed E-state index contributed by atoms with van der Waals surface area (Å²) < 4.78 is 5.18. The molecule has 0 aliphatic rings. The molecule has 0 saturated heterocycles. The average Bonchev–Trinajstić information content (AvgIpc) is 2.14. The summed E-state index contributed by atoms with van der Waals surface area (Å²) >= 11 is 0. The number of ether oxygens (including phenoxy) is 1. The van der Waals surface area contributed by atoms with Gasteiger partial charge in [0, 0.05) is 20.2 Å². The zero-order valence-corrected chi connectivity index (χ0v) is 10.5. The van der Waals surface area contributed by atoms with Crippen LogP contribution in [-0.4, -0.2) is 43.7 Å². The highest BCUT2D eigenvalue weighted by Crippen LogP contribution is 2.18. The van der Waals surface area contributed by atoms with E-state index in [9.17, 15) is 4.79 Å². The Hall–Kier alpha value is -0.610. The Morgan fingerprint density at radius 1 is 1.47 bits per heavy atom. The van der Waals surface area contributed by atoms with Gasteiger partial charge < -0.3 is 15.4 Å². The monoisotopic (exact) mass is 216 g/mol. The molecule has 0 rings (SSSR count). The van der Waals surface area contributed by atoms with Gasteiger partial charge in [0.05, 0.1) is 12.6 Å². The van der Waals surface area contributed by atoms with Crippen LogP contribution >= 0.6 is 0 Å². The summed E-state index contributed by atoms with van der Waals surface area (Å²) in [4.78, 5) is 13.5. The summed E-state index contributed by atoms with van der Waals surface area (Å²) in [7, 11) is 1.76. The first-order valence-corrected chi connectivity index (χ1v) is 5.39. The van der Waals surface area contributed by atoms with Gasteiger partial charge >= 0.3 is 0 Å². The van der Waals surface area contributed by atoms with Crippen LogP contribution in [0.2, 0.25) is 0 Å². The highest BCUT2D eigenvalue weighted by atomic mass is 16.5. The van der Waals surface area contributed by atoms with Crippen molar-refractivity contribution in [2.75, 3.05) is 26.8 Å². The fourth-order valence-corrected chi connectivity index (χ4v) is 1.06. The quantitative estimate of drug-likeness (QED) is 0.693. The third kappa shape index (κ3) is 5.14. The molecular weight excluding hydrogens is 192 g/mol. The van der Waals surface area contributed by atoms with Crippen LogP contribution in [0, 0.1) is 5.41 Å². The van der Waals surface area contributed by atoms with Gasteiger partial charge in [0.2, 0.25) is 5.91 Å². The minimum atomic E-state index is -0.455. The molecule has 90 valence electrons. The highest BCUT2D eigenvalue weighted by molar-refractivity contribution is 5.82. The zero-order chi connectivity index (χ0) is 12.1. The third-order valence-corrected chi connectivity index (χ3v) is 2.35. The van der Waals surface area contributed by atoms with Gasteiger partial charge in [-0.3, -0.25) is 4.79 Å². The van der Waals surface area contributed by atoms with Crippen LogP contribution in [0.15, 0.2) is 0 Å². The molecule has 1 atom stereocenters. The molecule has 4 nitrogen and oxygen atoms in total. The van der Waals surface area contributed by atoms with Gasteiger partial charge in [-0.1, -0.05) is 20.8 Å². The van der Waals surface area contributed by atoms with E-state index >= 15 is 0 Å². The van der Waals surface area contributed by atoms with Gasteiger partial charge in [-0.25, -0.2) is 0 Å². The van der Waals surface area contributed by atoms with E-state index in [-0.39, 0.29) is 11.3 Å². The second kappa shape index (κ2) is 6.08. The van der Waals surface area contributed by atoms with Crippen LogP contribution < -0.4 is 5.73 Å². The Bertz CT molecular complexity index is 199. The zero-order valence-electron chi connectivity index (χ0n) is 10.5. The molecule has 0 aromatic heterocycles. The lowest BCUT2D eigenvalue weighted by atomic mass is 9.86. The smallest absolute Gasteiger partial charge is 0.239 e. The molecule has 4 heteroatoms. The Kier molecular flexibility index (Phi) is 5.83. The van der Waals surface area contributed by atoms with E-state index in [1.165, 1.54) is 0 Å². The first kappa shape index (κ1) is 14.4. The van der Waals surface area contributed by atoms with Crippen LogP contribution in [0.5, 0.6) is 0 Å². The van der Waals surface area contributed by atoms with E-state index < -0.39 is 6.04 Å². The van der Waals surface area contributed by atoms with E-state index in [2.05, 4.69) is 0 Å². The molecule has 1 amide bonds. The highest BCUT2D eigenvalue weighted by Gasteiger charge is 2.29. The van der Waals surface area contributed by atoms with Crippen molar-refractivity contribution in [2.45, 2.75) is 33.7 Å². The Morgan fingerprint density at radius 3 is 2.40 bits per heavy atom. The van der Waals surface area contributed by atoms with Crippen molar-refractivity contribution >= 4 is 5.91 Å². The van der Waals surface area contributed by atoms with Crippen molar-refractivity contribution in [3.05, 3.63) is 0 Å². The average molecular weight is 216 g/mol. The van der Waals surface area contributed by atoms with Crippen molar-refractivity contribution in [2.24, 2.45) is 11.1 Å². The first-order chi connectivity index (χ1) is 6.80. The summed E-state index contributed by atoms with van der Waals surface area (Å²) in [5, 5.41) is 0. The minimum absolute atomic E-state index is 0.0257. The summed E-state index contributed by atoms with van der Waals surface area (Å²) in [6, 6.07) is -0.455. The van der Waals surface area contributed by atoms with Crippen molar-refractivity contribution in [1.29, 1.82) is 0 Å². The first-order valence-electron chi connectivity index (χ1n) is 5.39. The lowest BCUT2D eigenvalue weighted by Gasteiger charge is -2.29. The predicted molar refractivity (Wildman–Crippen MR) is 61.6 cm³/mol. The minimum Gasteiger partial charge on any atom is -0.380 e. The second-order valence-corrected chi connectivity index (χ2v) is 4.80. The lowest BCUT2D eigenvalue weighted by Crippen LogP contribution is -2.49. The van der Waals surface area contributed by atoms with Crippen molar-refractivity contribution in [1.82, 2.24) is 4.90 Å². The predicted octanol–water partition coefficient (Wildman–Crippen LogP) is 0.855. The number of rotatable bonds is 5. The molecule has 0 aromatic rings. The maximum atomic E-state index is 11.8. The summed E-state index contributed by atoms with van der Waals surface area (Å²) in [6.07, 6.45) is 0. The summed E-state index contributed by atoms with van der Waals surface area (Å²) in [5.74, 6) is -0.0257. The number of nitrogens with two attached hydrogens (primary N) is 1. The Labute approximate surface area is 92.8 Å².